The summed E-state index contributed by atoms with van der Waals surface area (Å²) in [7, 11) is 0. The normalized spacial score (nSPS) is 17.9. The summed E-state index contributed by atoms with van der Waals surface area (Å²) >= 11 is 1.38. The molecule has 0 radical (unpaired) electrons. The molecule has 2 aliphatic heterocycles. The molecule has 3 heterocycles. The van der Waals surface area contributed by atoms with Gasteiger partial charge in [-0.25, -0.2) is 0 Å². The van der Waals surface area contributed by atoms with Gasteiger partial charge in [-0.2, -0.15) is 0 Å². The summed E-state index contributed by atoms with van der Waals surface area (Å²) in [5.74, 6) is 0.0581. The smallest absolute Gasteiger partial charge is 0.262 e. The number of hydrogen-bond donors (Lipinski definition) is 1. The van der Waals surface area contributed by atoms with E-state index in [1.54, 1.807) is 6.07 Å². The van der Waals surface area contributed by atoms with Crippen molar-refractivity contribution in [3.05, 3.63) is 58.3 Å². The lowest BCUT2D eigenvalue weighted by molar-refractivity contribution is -0.135. The molecule has 32 heavy (non-hydrogen) atoms. The molecule has 6 nitrogen and oxygen atoms in total. The summed E-state index contributed by atoms with van der Waals surface area (Å²) in [5, 5.41) is 4.90. The van der Waals surface area contributed by atoms with Crippen LogP contribution < -0.4 is 5.32 Å². The molecule has 0 aliphatic carbocycles. The average Bonchev–Trinajstić information content (AvgIpc) is 3.56. The van der Waals surface area contributed by atoms with Gasteiger partial charge in [-0.1, -0.05) is 36.4 Å². The minimum Gasteiger partial charge on any atom is -0.343 e. The second-order valence-corrected chi connectivity index (χ2v) is 9.61. The Morgan fingerprint density at radius 1 is 0.938 bits per heavy atom. The highest BCUT2D eigenvalue weighted by atomic mass is 32.1. The minimum atomic E-state index is -0.524. The summed E-state index contributed by atoms with van der Waals surface area (Å²) in [4.78, 5) is 43.1. The highest BCUT2D eigenvalue weighted by molar-refractivity contribution is 7.12. The number of piperidine rings is 1. The van der Waals surface area contributed by atoms with Crippen LogP contribution in [0.4, 0.5) is 0 Å². The molecule has 0 saturated carbocycles. The van der Waals surface area contributed by atoms with E-state index in [-0.39, 0.29) is 23.6 Å². The number of amides is 3. The number of aryl methyl sites for hydroxylation is 1. The van der Waals surface area contributed by atoms with Gasteiger partial charge in [-0.15, -0.1) is 11.3 Å². The number of likely N-dealkylation sites (tertiary alicyclic amines) is 2. The maximum atomic E-state index is 13.3. The van der Waals surface area contributed by atoms with Crippen LogP contribution in [0.3, 0.4) is 0 Å². The van der Waals surface area contributed by atoms with Crippen LogP contribution in [-0.2, 0) is 16.0 Å². The van der Waals surface area contributed by atoms with E-state index in [0.717, 1.165) is 45.2 Å². The maximum absolute atomic E-state index is 13.3. The zero-order valence-corrected chi connectivity index (χ0v) is 19.2. The van der Waals surface area contributed by atoms with Crippen LogP contribution in [0.5, 0.6) is 0 Å². The number of carbonyl (C=O) groups is 3. The molecule has 0 bridgehead atoms. The first-order valence-corrected chi connectivity index (χ1v) is 12.4. The minimum absolute atomic E-state index is 0.0289. The van der Waals surface area contributed by atoms with Crippen molar-refractivity contribution < 1.29 is 14.4 Å². The van der Waals surface area contributed by atoms with Crippen LogP contribution in [0.2, 0.25) is 0 Å². The van der Waals surface area contributed by atoms with Crippen molar-refractivity contribution in [3.63, 3.8) is 0 Å². The molecule has 1 aromatic carbocycles. The van der Waals surface area contributed by atoms with Gasteiger partial charge in [0.2, 0.25) is 11.8 Å². The quantitative estimate of drug-likeness (QED) is 0.699. The Morgan fingerprint density at radius 3 is 2.31 bits per heavy atom. The lowest BCUT2D eigenvalue weighted by Crippen LogP contribution is -2.54. The van der Waals surface area contributed by atoms with E-state index in [1.807, 2.05) is 51.6 Å². The molecule has 1 N–H and O–H groups in total. The molecular weight excluding hydrogens is 422 g/mol. The van der Waals surface area contributed by atoms with E-state index in [2.05, 4.69) is 5.32 Å². The molecule has 3 amide bonds. The fraction of sp³-hybridized carbons (Fsp3) is 0.480. The number of carbonyl (C=O) groups excluding carboxylic acids is 3. The van der Waals surface area contributed by atoms with Crippen LogP contribution in [0.1, 0.15) is 47.3 Å². The van der Waals surface area contributed by atoms with E-state index < -0.39 is 6.04 Å². The number of benzene rings is 1. The maximum Gasteiger partial charge on any atom is 0.262 e. The second-order valence-electron chi connectivity index (χ2n) is 8.66. The number of thiophene rings is 1. The van der Waals surface area contributed by atoms with E-state index in [1.165, 1.54) is 16.9 Å². The van der Waals surface area contributed by atoms with Crippen molar-refractivity contribution in [2.45, 2.75) is 44.6 Å². The number of hydrogen-bond acceptors (Lipinski definition) is 4. The molecule has 0 spiro atoms. The van der Waals surface area contributed by atoms with E-state index in [9.17, 15) is 14.4 Å². The summed E-state index contributed by atoms with van der Waals surface area (Å²) in [6, 6.07) is 13.2. The van der Waals surface area contributed by atoms with Crippen LogP contribution >= 0.6 is 11.3 Å². The van der Waals surface area contributed by atoms with Gasteiger partial charge in [0.25, 0.3) is 5.91 Å². The van der Waals surface area contributed by atoms with Gasteiger partial charge in [0.15, 0.2) is 0 Å². The fourth-order valence-corrected chi connectivity index (χ4v) is 5.30. The Bertz CT molecular complexity index is 902. The van der Waals surface area contributed by atoms with Crippen molar-refractivity contribution in [3.8, 4) is 0 Å². The predicted octanol–water partition coefficient (Wildman–Crippen LogP) is 3.34. The van der Waals surface area contributed by atoms with Crippen molar-refractivity contribution in [2.24, 2.45) is 5.92 Å². The standard InChI is InChI=1S/C25H31N3O3S/c29-22(11-10-19-7-2-1-3-8-19)27-16-12-20(13-17-27)23(25(31)28-14-4-5-15-28)26-24(30)21-9-6-18-32-21/h1-3,6-9,18,20,23H,4-5,10-17H2,(H,26,30)/t23-/m0/s1. The summed E-state index contributed by atoms with van der Waals surface area (Å²) in [5.41, 5.74) is 1.17. The van der Waals surface area contributed by atoms with Gasteiger partial charge >= 0.3 is 0 Å². The topological polar surface area (TPSA) is 69.7 Å². The number of rotatable bonds is 7. The zero-order valence-electron chi connectivity index (χ0n) is 18.4. The van der Waals surface area contributed by atoms with Gasteiger partial charge in [-0.3, -0.25) is 14.4 Å². The predicted molar refractivity (Wildman–Crippen MR) is 125 cm³/mol. The van der Waals surface area contributed by atoms with Crippen LogP contribution in [0.25, 0.3) is 0 Å². The van der Waals surface area contributed by atoms with Crippen molar-refractivity contribution in [2.75, 3.05) is 26.2 Å². The molecule has 2 aromatic rings. The molecule has 1 atom stereocenters. The Balaban J connectivity index is 1.35. The molecule has 0 unspecified atom stereocenters. The third kappa shape index (κ3) is 5.57. The summed E-state index contributed by atoms with van der Waals surface area (Å²) in [6.45, 7) is 2.80. The third-order valence-corrected chi connectivity index (χ3v) is 7.42. The van der Waals surface area contributed by atoms with Crippen LogP contribution in [-0.4, -0.2) is 59.7 Å². The average molecular weight is 454 g/mol. The van der Waals surface area contributed by atoms with Crippen molar-refractivity contribution in [1.29, 1.82) is 0 Å². The molecule has 4 rings (SSSR count). The zero-order chi connectivity index (χ0) is 22.3. The number of nitrogens with zero attached hydrogens (tertiary/aromatic N) is 2. The highest BCUT2D eigenvalue weighted by Gasteiger charge is 2.36. The second kappa shape index (κ2) is 10.8. The summed E-state index contributed by atoms with van der Waals surface area (Å²) < 4.78 is 0. The van der Waals surface area contributed by atoms with E-state index >= 15 is 0 Å². The first-order valence-electron chi connectivity index (χ1n) is 11.6. The summed E-state index contributed by atoms with van der Waals surface area (Å²) in [6.07, 6.45) is 4.74. The molecule has 1 aromatic heterocycles. The van der Waals surface area contributed by atoms with Gasteiger partial charge in [0.1, 0.15) is 6.04 Å². The number of nitrogens with one attached hydrogen (secondary N) is 1. The molecule has 7 heteroatoms. The molecule has 2 aliphatic rings. The van der Waals surface area contributed by atoms with Crippen LogP contribution in [0, 0.1) is 5.92 Å². The van der Waals surface area contributed by atoms with E-state index in [4.69, 9.17) is 0 Å². The van der Waals surface area contributed by atoms with Crippen molar-refractivity contribution >= 4 is 29.1 Å². The first-order chi connectivity index (χ1) is 15.6. The fourth-order valence-electron chi connectivity index (χ4n) is 4.67. The Morgan fingerprint density at radius 2 is 1.66 bits per heavy atom. The monoisotopic (exact) mass is 453 g/mol. The Kier molecular flexibility index (Phi) is 7.58. The Labute approximate surface area is 193 Å². The first kappa shape index (κ1) is 22.5. The largest absolute Gasteiger partial charge is 0.343 e. The highest BCUT2D eigenvalue weighted by Crippen LogP contribution is 2.25. The molecule has 2 saturated heterocycles. The molecule has 2 fully saturated rings. The van der Waals surface area contributed by atoms with Gasteiger partial charge in [0.05, 0.1) is 4.88 Å². The lowest BCUT2D eigenvalue weighted by Gasteiger charge is -2.37. The van der Waals surface area contributed by atoms with Crippen molar-refractivity contribution in [1.82, 2.24) is 15.1 Å². The van der Waals surface area contributed by atoms with Gasteiger partial charge in [-0.05, 0) is 55.0 Å². The lowest BCUT2D eigenvalue weighted by atomic mass is 9.88. The molecule has 170 valence electrons. The van der Waals surface area contributed by atoms with E-state index in [0.29, 0.717) is 24.4 Å². The Hall–Kier alpha value is -2.67. The van der Waals surface area contributed by atoms with Gasteiger partial charge in [0, 0.05) is 32.6 Å². The SMILES string of the molecule is O=C(N[C@H](C(=O)N1CCCC1)C1CCN(C(=O)CCc2ccccc2)CC1)c1cccs1. The van der Waals surface area contributed by atoms with Gasteiger partial charge < -0.3 is 15.1 Å². The third-order valence-electron chi connectivity index (χ3n) is 6.55. The van der Waals surface area contributed by atoms with Crippen LogP contribution in [0.15, 0.2) is 47.8 Å². The molecular formula is C25H31N3O3S.